The molecule has 8 heteroatoms. The smallest absolute Gasteiger partial charge is 0.315 e. The predicted octanol–water partition coefficient (Wildman–Crippen LogP) is 8.46. The average Bonchev–Trinajstić information content (AvgIpc) is 3.20. The number of nitrogens with zero attached hydrogens (tertiary/aromatic N) is 1. The summed E-state index contributed by atoms with van der Waals surface area (Å²) in [6.45, 7) is 5.26. The lowest BCUT2D eigenvalue weighted by Gasteiger charge is -2.56. The molecule has 1 heterocycles. The number of ether oxygens (including phenoxy) is 2. The highest BCUT2D eigenvalue weighted by molar-refractivity contribution is 5.75. The van der Waals surface area contributed by atoms with E-state index in [0.29, 0.717) is 13.1 Å². The molecule has 5 aliphatic rings. The first kappa shape index (κ1) is 37.9. The molecule has 5 fully saturated rings. The van der Waals surface area contributed by atoms with E-state index in [1.807, 2.05) is 80.7 Å². The van der Waals surface area contributed by atoms with Gasteiger partial charge in [-0.15, -0.1) is 0 Å². The van der Waals surface area contributed by atoms with Crippen molar-refractivity contribution >= 4 is 6.03 Å². The lowest BCUT2D eigenvalue weighted by atomic mass is 9.53. The van der Waals surface area contributed by atoms with Crippen LogP contribution in [0.3, 0.4) is 0 Å². The van der Waals surface area contributed by atoms with Crippen LogP contribution in [0, 0.1) is 23.7 Å². The van der Waals surface area contributed by atoms with Gasteiger partial charge in [-0.2, -0.15) is 0 Å². The van der Waals surface area contributed by atoms with E-state index in [2.05, 4.69) is 58.9 Å². The number of nitrogens with one attached hydrogen (secondary N) is 2. The van der Waals surface area contributed by atoms with Gasteiger partial charge in [0.05, 0.1) is 24.9 Å². The molecule has 4 bridgehead atoms. The third kappa shape index (κ3) is 8.40. The molecule has 0 unspecified atom stereocenters. The normalized spacial score (nSPS) is 29.5. The maximum Gasteiger partial charge on any atom is 0.315 e. The second kappa shape index (κ2) is 16.2. The SMILES string of the molecule is C[C@H]1[C@@H](CN(C)[C@H](C)[C@@H](O)c2ccccc2)O[C@@H](c2cccc(-c3cccc(CNC(=O)NC45CC6CC(CC(C6)C4)C5)c3)c2)O[C@H]1c1ccc(CO)cc1. The summed E-state index contributed by atoms with van der Waals surface area (Å²) in [6, 6.07) is 34.3. The molecule has 55 heavy (non-hydrogen) atoms. The molecule has 8 nitrogen and oxygen atoms in total. The summed E-state index contributed by atoms with van der Waals surface area (Å²) in [6.07, 6.45) is 5.76. The Morgan fingerprint density at radius 3 is 2.15 bits per heavy atom. The fourth-order valence-corrected chi connectivity index (χ4v) is 10.4. The van der Waals surface area contributed by atoms with Crippen molar-refractivity contribution in [3.05, 3.63) is 131 Å². The number of aliphatic hydroxyl groups excluding tert-OH is 2. The van der Waals surface area contributed by atoms with E-state index < -0.39 is 12.4 Å². The summed E-state index contributed by atoms with van der Waals surface area (Å²) in [5.41, 5.74) is 6.83. The highest BCUT2D eigenvalue weighted by Crippen LogP contribution is 2.55. The van der Waals surface area contributed by atoms with Gasteiger partial charge in [0, 0.05) is 36.2 Å². The van der Waals surface area contributed by atoms with E-state index in [1.165, 1.54) is 19.3 Å². The summed E-state index contributed by atoms with van der Waals surface area (Å²) in [5.74, 6) is 2.36. The highest BCUT2D eigenvalue weighted by atomic mass is 16.7. The number of urea groups is 1. The first-order chi connectivity index (χ1) is 26.6. The molecule has 2 amide bonds. The van der Waals surface area contributed by atoms with Crippen molar-refractivity contribution in [2.24, 2.45) is 23.7 Å². The van der Waals surface area contributed by atoms with Gasteiger partial charge in [0.25, 0.3) is 0 Å². The van der Waals surface area contributed by atoms with E-state index >= 15 is 0 Å². The van der Waals surface area contributed by atoms with Gasteiger partial charge in [0.1, 0.15) is 0 Å². The predicted molar refractivity (Wildman–Crippen MR) is 215 cm³/mol. The average molecular weight is 744 g/mol. The largest absolute Gasteiger partial charge is 0.392 e. The fraction of sp³-hybridized carbons (Fsp3) is 0.468. The van der Waals surface area contributed by atoms with E-state index in [0.717, 1.165) is 76.0 Å². The summed E-state index contributed by atoms with van der Waals surface area (Å²) in [5, 5.41) is 27.5. The Morgan fingerprint density at radius 2 is 1.47 bits per heavy atom. The third-order valence-electron chi connectivity index (χ3n) is 13.2. The van der Waals surface area contributed by atoms with Gasteiger partial charge in [-0.3, -0.25) is 4.90 Å². The molecule has 4 N–H and O–H groups in total. The number of likely N-dealkylation sites (N-methyl/N-ethyl adjacent to an activating group) is 1. The summed E-state index contributed by atoms with van der Waals surface area (Å²) < 4.78 is 13.6. The van der Waals surface area contributed by atoms with Crippen molar-refractivity contribution in [3.8, 4) is 11.1 Å². The summed E-state index contributed by atoms with van der Waals surface area (Å²) >= 11 is 0. The number of carbonyl (C=O) groups excluding carboxylic acids is 1. The zero-order chi connectivity index (χ0) is 38.1. The number of rotatable bonds is 12. The molecule has 0 radical (unpaired) electrons. The maximum atomic E-state index is 13.2. The van der Waals surface area contributed by atoms with Crippen molar-refractivity contribution in [1.29, 1.82) is 0 Å². The quantitative estimate of drug-likeness (QED) is 0.116. The second-order valence-corrected chi connectivity index (χ2v) is 17.2. The van der Waals surface area contributed by atoms with Gasteiger partial charge in [-0.05, 0) is 116 Å². The second-order valence-electron chi connectivity index (χ2n) is 17.2. The molecule has 0 aromatic heterocycles. The van der Waals surface area contributed by atoms with Crippen LogP contribution in [0.15, 0.2) is 103 Å². The van der Waals surface area contributed by atoms with Crippen LogP contribution in [-0.2, 0) is 22.6 Å². The van der Waals surface area contributed by atoms with E-state index in [9.17, 15) is 15.0 Å². The van der Waals surface area contributed by atoms with Crippen LogP contribution in [0.4, 0.5) is 4.79 Å². The number of aliphatic hydroxyl groups is 2. The van der Waals surface area contributed by atoms with Crippen LogP contribution in [-0.4, -0.2) is 52.4 Å². The number of hydrogen-bond donors (Lipinski definition) is 4. The van der Waals surface area contributed by atoms with Crippen molar-refractivity contribution in [1.82, 2.24) is 15.5 Å². The zero-order valence-corrected chi connectivity index (χ0v) is 32.4. The Bertz CT molecular complexity index is 1880. The fourth-order valence-electron chi connectivity index (χ4n) is 10.4. The van der Waals surface area contributed by atoms with Crippen molar-refractivity contribution in [3.63, 3.8) is 0 Å². The number of carbonyl (C=O) groups is 1. The highest BCUT2D eigenvalue weighted by Gasteiger charge is 2.51. The third-order valence-corrected chi connectivity index (χ3v) is 13.2. The molecule has 6 atom stereocenters. The number of benzene rings is 4. The molecule has 4 aromatic carbocycles. The molecule has 290 valence electrons. The van der Waals surface area contributed by atoms with Crippen LogP contribution in [0.2, 0.25) is 0 Å². The Labute approximate surface area is 326 Å². The van der Waals surface area contributed by atoms with Crippen molar-refractivity contribution in [2.75, 3.05) is 13.6 Å². The molecule has 4 aliphatic carbocycles. The molecule has 9 rings (SSSR count). The van der Waals surface area contributed by atoms with Crippen LogP contribution in [0.1, 0.15) is 98.7 Å². The number of amides is 2. The van der Waals surface area contributed by atoms with E-state index in [-0.39, 0.29) is 42.3 Å². The molecule has 4 saturated carbocycles. The van der Waals surface area contributed by atoms with Gasteiger partial charge in [-0.25, -0.2) is 4.79 Å². The summed E-state index contributed by atoms with van der Waals surface area (Å²) in [7, 11) is 2.04. The van der Waals surface area contributed by atoms with Gasteiger partial charge in [0.2, 0.25) is 0 Å². The van der Waals surface area contributed by atoms with Crippen molar-refractivity contribution in [2.45, 2.75) is 102 Å². The van der Waals surface area contributed by atoms with Crippen molar-refractivity contribution < 1.29 is 24.5 Å². The molecular formula is C47H57N3O5. The minimum Gasteiger partial charge on any atom is -0.392 e. The van der Waals surface area contributed by atoms with Crippen LogP contribution < -0.4 is 10.6 Å². The zero-order valence-electron chi connectivity index (χ0n) is 32.4. The standard InChI is InChI=1S/C47H57N3O5/c1-30-42(28-50(3)31(2)43(52)37-10-5-4-6-11-37)54-45(55-44(30)38-17-15-32(29-51)16-18-38)41-14-8-13-40(23-41)39-12-7-9-33(22-39)27-48-46(53)49-47-24-34-19-35(25-47)21-36(20-34)26-47/h4-18,22-23,30-31,34-36,42-45,51-52H,19-21,24-29H2,1-3H3,(H2,48,49,53)/t30-,31+,34?,35?,36?,42+,43+,44+,45+,47?/m0/s1. The van der Waals surface area contributed by atoms with Crippen LogP contribution >= 0.6 is 0 Å². The van der Waals surface area contributed by atoms with Gasteiger partial charge in [-0.1, -0.05) is 97.9 Å². The Hall–Kier alpha value is -4.05. The van der Waals surface area contributed by atoms with Gasteiger partial charge >= 0.3 is 6.03 Å². The molecular weight excluding hydrogens is 687 g/mol. The first-order valence-electron chi connectivity index (χ1n) is 20.3. The maximum absolute atomic E-state index is 13.2. The molecule has 1 saturated heterocycles. The molecule has 1 aliphatic heterocycles. The minimum absolute atomic E-state index is 0.00672. The van der Waals surface area contributed by atoms with Gasteiger partial charge in [0.15, 0.2) is 6.29 Å². The number of hydrogen-bond acceptors (Lipinski definition) is 6. The Kier molecular flexibility index (Phi) is 11.2. The molecule has 4 aromatic rings. The Balaban J connectivity index is 0.972. The minimum atomic E-state index is -0.641. The van der Waals surface area contributed by atoms with Crippen LogP contribution in [0.5, 0.6) is 0 Å². The molecule has 0 spiro atoms. The lowest BCUT2D eigenvalue weighted by molar-refractivity contribution is -0.276. The topological polar surface area (TPSA) is 103 Å². The van der Waals surface area contributed by atoms with E-state index in [4.69, 9.17) is 9.47 Å². The lowest BCUT2D eigenvalue weighted by Crippen LogP contribution is -2.61. The van der Waals surface area contributed by atoms with E-state index in [1.54, 1.807) is 0 Å². The summed E-state index contributed by atoms with van der Waals surface area (Å²) in [4.78, 5) is 15.4. The van der Waals surface area contributed by atoms with Crippen LogP contribution in [0.25, 0.3) is 11.1 Å². The van der Waals surface area contributed by atoms with Gasteiger partial charge < -0.3 is 30.3 Å². The Morgan fingerprint density at radius 1 is 0.818 bits per heavy atom. The first-order valence-corrected chi connectivity index (χ1v) is 20.3. The monoisotopic (exact) mass is 743 g/mol.